The maximum Gasteiger partial charge on any atom is 0.100 e. The summed E-state index contributed by atoms with van der Waals surface area (Å²) in [5.74, 6) is 0.691. The molecule has 2 aromatic heterocycles. The van der Waals surface area contributed by atoms with Gasteiger partial charge in [-0.3, -0.25) is 5.10 Å². The monoisotopic (exact) mass is 217 g/mol. The van der Waals surface area contributed by atoms with Crippen molar-refractivity contribution in [1.29, 1.82) is 0 Å². The summed E-state index contributed by atoms with van der Waals surface area (Å²) in [6, 6.07) is 1.95. The van der Waals surface area contributed by atoms with Crippen LogP contribution in [0.25, 0.3) is 11.3 Å². The third-order valence-corrected chi connectivity index (χ3v) is 3.03. The number of H-pyrrole nitrogens is 1. The lowest BCUT2D eigenvalue weighted by atomic mass is 10.1. The molecule has 0 radical (unpaired) electrons. The first kappa shape index (κ1) is 9.66. The molecule has 16 heavy (non-hydrogen) atoms. The lowest BCUT2D eigenvalue weighted by Gasteiger charge is -2.02. The average Bonchev–Trinajstić information content (AvgIpc) is 2.84. The zero-order valence-corrected chi connectivity index (χ0v) is 9.29. The summed E-state index contributed by atoms with van der Waals surface area (Å²) in [6.45, 7) is 0.850. The number of aromatic nitrogens is 2. The molecule has 1 aliphatic carbocycles. The van der Waals surface area contributed by atoms with E-state index in [0.717, 1.165) is 17.8 Å². The van der Waals surface area contributed by atoms with Gasteiger partial charge in [0.1, 0.15) is 5.69 Å². The van der Waals surface area contributed by atoms with Crippen LogP contribution < -0.4 is 5.32 Å². The predicted octanol–water partition coefficient (Wildman–Crippen LogP) is 2.27. The number of aromatic amines is 1. The predicted molar refractivity (Wildman–Crippen MR) is 61.0 cm³/mol. The smallest absolute Gasteiger partial charge is 0.100 e. The van der Waals surface area contributed by atoms with Gasteiger partial charge in [0.25, 0.3) is 0 Å². The van der Waals surface area contributed by atoms with Crippen molar-refractivity contribution in [3.8, 4) is 11.3 Å². The van der Waals surface area contributed by atoms with E-state index < -0.39 is 0 Å². The average molecular weight is 217 g/mol. The van der Waals surface area contributed by atoms with Gasteiger partial charge in [-0.05, 0) is 26.0 Å². The Kier molecular flexibility index (Phi) is 2.29. The highest BCUT2D eigenvalue weighted by Crippen LogP contribution is 2.42. The third kappa shape index (κ3) is 1.55. The lowest BCUT2D eigenvalue weighted by molar-refractivity contribution is 0.568. The van der Waals surface area contributed by atoms with Crippen LogP contribution in [-0.2, 0) is 6.54 Å². The first-order valence-electron chi connectivity index (χ1n) is 5.64. The van der Waals surface area contributed by atoms with Crippen LogP contribution in [-0.4, -0.2) is 17.2 Å². The van der Waals surface area contributed by atoms with E-state index in [9.17, 15) is 0 Å². The second-order valence-corrected chi connectivity index (χ2v) is 4.28. The van der Waals surface area contributed by atoms with Crippen molar-refractivity contribution in [1.82, 2.24) is 15.5 Å². The van der Waals surface area contributed by atoms with Crippen molar-refractivity contribution < 1.29 is 4.42 Å². The second kappa shape index (κ2) is 3.79. The molecule has 0 aliphatic heterocycles. The number of rotatable bonds is 4. The van der Waals surface area contributed by atoms with Crippen molar-refractivity contribution in [2.24, 2.45) is 0 Å². The third-order valence-electron chi connectivity index (χ3n) is 3.03. The Morgan fingerprint density at radius 2 is 2.44 bits per heavy atom. The highest BCUT2D eigenvalue weighted by molar-refractivity contribution is 5.63. The Morgan fingerprint density at radius 3 is 3.06 bits per heavy atom. The molecule has 2 aromatic rings. The van der Waals surface area contributed by atoms with Crippen LogP contribution in [0.4, 0.5) is 0 Å². The second-order valence-electron chi connectivity index (χ2n) is 4.28. The molecule has 0 spiro atoms. The molecule has 3 rings (SSSR count). The number of hydrogen-bond acceptors (Lipinski definition) is 3. The van der Waals surface area contributed by atoms with E-state index in [4.69, 9.17) is 4.42 Å². The van der Waals surface area contributed by atoms with Gasteiger partial charge in [-0.25, -0.2) is 0 Å². The maximum atomic E-state index is 5.11. The minimum atomic E-state index is 0.691. The van der Waals surface area contributed by atoms with E-state index in [-0.39, 0.29) is 0 Å². The minimum Gasteiger partial charge on any atom is -0.472 e. The quantitative estimate of drug-likeness (QED) is 0.826. The lowest BCUT2D eigenvalue weighted by Crippen LogP contribution is -2.07. The van der Waals surface area contributed by atoms with Crippen molar-refractivity contribution >= 4 is 0 Å². The summed E-state index contributed by atoms with van der Waals surface area (Å²) in [6.07, 6.45) is 5.99. The number of hydrogen-bond donors (Lipinski definition) is 2. The topological polar surface area (TPSA) is 53.9 Å². The van der Waals surface area contributed by atoms with E-state index in [1.807, 2.05) is 13.1 Å². The number of nitrogens with one attached hydrogen (secondary N) is 2. The van der Waals surface area contributed by atoms with Gasteiger partial charge in [0.15, 0.2) is 0 Å². The fourth-order valence-corrected chi connectivity index (χ4v) is 2.08. The Hall–Kier alpha value is -1.55. The fraction of sp³-hybridized carbons (Fsp3) is 0.417. The van der Waals surface area contributed by atoms with Crippen molar-refractivity contribution in [3.05, 3.63) is 29.9 Å². The summed E-state index contributed by atoms with van der Waals surface area (Å²) in [4.78, 5) is 0. The molecule has 0 aromatic carbocycles. The molecule has 84 valence electrons. The van der Waals surface area contributed by atoms with E-state index in [2.05, 4.69) is 15.5 Å². The van der Waals surface area contributed by atoms with Gasteiger partial charge in [0, 0.05) is 29.3 Å². The molecule has 0 bridgehead atoms. The van der Waals surface area contributed by atoms with Crippen LogP contribution in [0.15, 0.2) is 23.0 Å². The van der Waals surface area contributed by atoms with Crippen LogP contribution >= 0.6 is 0 Å². The first-order valence-corrected chi connectivity index (χ1v) is 5.64. The van der Waals surface area contributed by atoms with E-state index in [0.29, 0.717) is 5.92 Å². The van der Waals surface area contributed by atoms with E-state index >= 15 is 0 Å². The molecule has 0 saturated heterocycles. The Morgan fingerprint density at radius 1 is 1.56 bits per heavy atom. The standard InChI is InChI=1S/C12H15N3O/c1-13-6-10-11(8-2-3-8)14-15-12(10)9-4-5-16-7-9/h4-5,7-8,13H,2-3,6H2,1H3,(H,14,15). The molecule has 2 N–H and O–H groups in total. The normalized spacial score (nSPS) is 15.6. The molecule has 1 fully saturated rings. The zero-order valence-electron chi connectivity index (χ0n) is 9.29. The summed E-state index contributed by atoms with van der Waals surface area (Å²) < 4.78 is 5.11. The first-order chi connectivity index (χ1) is 7.90. The molecular formula is C12H15N3O. The van der Waals surface area contributed by atoms with Crippen molar-refractivity contribution in [2.45, 2.75) is 25.3 Å². The van der Waals surface area contributed by atoms with Crippen molar-refractivity contribution in [3.63, 3.8) is 0 Å². The van der Waals surface area contributed by atoms with Crippen LogP contribution in [0.1, 0.15) is 30.0 Å². The van der Waals surface area contributed by atoms with Crippen LogP contribution in [0, 0.1) is 0 Å². The van der Waals surface area contributed by atoms with Gasteiger partial charge in [0.2, 0.25) is 0 Å². The zero-order chi connectivity index (χ0) is 11.0. The molecule has 0 unspecified atom stereocenters. The highest BCUT2D eigenvalue weighted by Gasteiger charge is 2.29. The van der Waals surface area contributed by atoms with Gasteiger partial charge in [-0.2, -0.15) is 5.10 Å². The van der Waals surface area contributed by atoms with Gasteiger partial charge in [-0.15, -0.1) is 0 Å². The fourth-order valence-electron chi connectivity index (χ4n) is 2.08. The summed E-state index contributed by atoms with van der Waals surface area (Å²) >= 11 is 0. The molecule has 1 aliphatic rings. The van der Waals surface area contributed by atoms with E-state index in [1.54, 1.807) is 12.5 Å². The number of furan rings is 1. The van der Waals surface area contributed by atoms with Crippen LogP contribution in [0.5, 0.6) is 0 Å². The molecule has 4 nitrogen and oxygen atoms in total. The molecule has 0 amide bonds. The molecule has 0 atom stereocenters. The van der Waals surface area contributed by atoms with Crippen LogP contribution in [0.2, 0.25) is 0 Å². The summed E-state index contributed by atoms with van der Waals surface area (Å²) in [7, 11) is 1.96. The molecule has 4 heteroatoms. The van der Waals surface area contributed by atoms with Gasteiger partial charge >= 0.3 is 0 Å². The highest BCUT2D eigenvalue weighted by atomic mass is 16.3. The van der Waals surface area contributed by atoms with Gasteiger partial charge < -0.3 is 9.73 Å². The SMILES string of the molecule is CNCc1c(-c2ccoc2)n[nH]c1C1CC1. The minimum absolute atomic E-state index is 0.691. The Labute approximate surface area is 94.0 Å². The molecule has 2 heterocycles. The van der Waals surface area contributed by atoms with Gasteiger partial charge in [0.05, 0.1) is 12.5 Å². The van der Waals surface area contributed by atoms with Crippen LogP contribution in [0.3, 0.4) is 0 Å². The van der Waals surface area contributed by atoms with E-state index in [1.165, 1.54) is 24.1 Å². The largest absolute Gasteiger partial charge is 0.472 e. The van der Waals surface area contributed by atoms with Crippen molar-refractivity contribution in [2.75, 3.05) is 7.05 Å². The number of nitrogens with zero attached hydrogens (tertiary/aromatic N) is 1. The Bertz CT molecular complexity index is 468. The Balaban J connectivity index is 2.03. The van der Waals surface area contributed by atoms with Gasteiger partial charge in [-0.1, -0.05) is 0 Å². The summed E-state index contributed by atoms with van der Waals surface area (Å²) in [5, 5.41) is 10.8. The molecular weight excluding hydrogens is 202 g/mol. The summed E-state index contributed by atoms with van der Waals surface area (Å²) in [5.41, 5.74) is 4.65. The maximum absolute atomic E-state index is 5.11. The molecule has 1 saturated carbocycles.